The first-order valence-electron chi connectivity index (χ1n) is 24.6. The molecule has 8 heterocycles. The molecule has 0 bridgehead atoms. The molecule has 73 heavy (non-hydrogen) atoms. The number of carbonyl (C=O) groups excluding carboxylic acids is 8. The summed E-state index contributed by atoms with van der Waals surface area (Å²) in [6, 6.07) is -0.401. The topological polar surface area (TPSA) is 285 Å². The van der Waals surface area contributed by atoms with E-state index in [0.717, 1.165) is 77.5 Å². The van der Waals surface area contributed by atoms with Crippen LogP contribution in [-0.4, -0.2) is 197 Å². The van der Waals surface area contributed by atoms with Crippen molar-refractivity contribution < 1.29 is 76.3 Å². The Hall–Kier alpha value is -5.12. The van der Waals surface area contributed by atoms with Crippen molar-refractivity contribution in [1.82, 2.24) is 35.6 Å². The molecular weight excluding hydrogens is 1020 g/mol. The molecule has 0 aromatic rings. The summed E-state index contributed by atoms with van der Waals surface area (Å²) in [5.41, 5.74) is 6.29. The number of nitrogens with zero attached hydrogens (tertiary/aromatic N) is 4. The Kier molecular flexibility index (Phi) is 25.1. The van der Waals surface area contributed by atoms with Crippen LogP contribution >= 0.6 is 15.9 Å². The van der Waals surface area contributed by atoms with Gasteiger partial charge < -0.3 is 59.6 Å². The van der Waals surface area contributed by atoms with Gasteiger partial charge >= 0.3 is 23.9 Å². The molecule has 8 aliphatic rings. The third-order valence-corrected chi connectivity index (χ3v) is 13.0. The number of nitrogens with two attached hydrogens (primary N) is 1. The first kappa shape index (κ1) is 60.4. The molecule has 408 valence electrons. The zero-order chi connectivity index (χ0) is 53.8. The molecule has 8 aliphatic heterocycles. The highest BCUT2D eigenvalue weighted by molar-refractivity contribution is 9.11. The standard InChI is InChI=1S/3C12H18N2O4.C6H7BrO3.C6H12N2O/c3*1-3-17-12-8(7-10(15)18-12)13-11(16)9-5-4-6-14(9)2;1-2-9-6-4(7)3-5(8)10-6;1-8-4-2-3-5(8)6(7)9/h3*7,9,12H,3-6H2,1-2H3,(H,13,16);3,6H,2H2,1H3;5H,2-4H2,1H3,(H2,7,9)/t2*9-,12?;9-,12+;;5-/m000.0/s1. The predicted molar refractivity (Wildman–Crippen MR) is 264 cm³/mol. The van der Waals surface area contributed by atoms with Gasteiger partial charge in [0.15, 0.2) is 0 Å². The maximum Gasteiger partial charge on any atom is 0.335 e. The molecule has 0 aromatic heterocycles. The minimum atomic E-state index is -0.779. The molecule has 4 saturated heterocycles. The van der Waals surface area contributed by atoms with Gasteiger partial charge in [0.25, 0.3) is 0 Å². The molecule has 0 spiro atoms. The van der Waals surface area contributed by atoms with Crippen LogP contribution in [0.5, 0.6) is 0 Å². The molecular formula is C48H73BrN8O16. The van der Waals surface area contributed by atoms with Gasteiger partial charge in [0.2, 0.25) is 48.8 Å². The highest BCUT2D eigenvalue weighted by Crippen LogP contribution is 2.23. The first-order valence-corrected chi connectivity index (χ1v) is 25.4. The lowest BCUT2D eigenvalue weighted by molar-refractivity contribution is -0.160. The van der Waals surface area contributed by atoms with E-state index < -0.39 is 43.1 Å². The van der Waals surface area contributed by atoms with Crippen molar-refractivity contribution in [2.75, 3.05) is 80.8 Å². The maximum absolute atomic E-state index is 12.1. The van der Waals surface area contributed by atoms with Crippen LogP contribution in [0.25, 0.3) is 0 Å². The van der Waals surface area contributed by atoms with Gasteiger partial charge in [-0.1, -0.05) is 0 Å². The second kappa shape index (κ2) is 30.3. The van der Waals surface area contributed by atoms with Crippen molar-refractivity contribution in [2.24, 2.45) is 5.73 Å². The van der Waals surface area contributed by atoms with Crippen molar-refractivity contribution in [3.05, 3.63) is 45.9 Å². The number of carbonyl (C=O) groups is 8. The minimum Gasteiger partial charge on any atom is -0.427 e. The minimum absolute atomic E-state index is 0.00463. The quantitative estimate of drug-likeness (QED) is 0.130. The first-order chi connectivity index (χ1) is 34.8. The number of halogens is 1. The molecule has 8 atom stereocenters. The van der Waals surface area contributed by atoms with Crippen molar-refractivity contribution in [3.63, 3.8) is 0 Å². The Labute approximate surface area is 434 Å². The van der Waals surface area contributed by atoms with Crippen LogP contribution in [0.1, 0.15) is 79.1 Å². The van der Waals surface area contributed by atoms with E-state index in [1.165, 1.54) is 24.3 Å². The summed E-state index contributed by atoms with van der Waals surface area (Å²) < 4.78 is 40.9. The fourth-order valence-corrected chi connectivity index (χ4v) is 9.03. The van der Waals surface area contributed by atoms with Gasteiger partial charge in [-0.15, -0.1) is 0 Å². The summed E-state index contributed by atoms with van der Waals surface area (Å²) in [5, 5.41) is 8.18. The van der Waals surface area contributed by atoms with Crippen LogP contribution in [0.3, 0.4) is 0 Å². The average Bonchev–Trinajstić information content (AvgIpc) is 4.22. The van der Waals surface area contributed by atoms with Crippen molar-refractivity contribution in [3.8, 4) is 0 Å². The summed E-state index contributed by atoms with van der Waals surface area (Å²) in [6.45, 7) is 12.8. The lowest BCUT2D eigenvalue weighted by Crippen LogP contribution is -2.42. The zero-order valence-corrected chi connectivity index (χ0v) is 44.6. The molecule has 4 amide bonds. The second-order valence-electron chi connectivity index (χ2n) is 17.6. The van der Waals surface area contributed by atoms with E-state index in [-0.39, 0.29) is 53.8 Å². The van der Waals surface area contributed by atoms with Gasteiger partial charge in [0, 0.05) is 50.7 Å². The molecule has 4 fully saturated rings. The van der Waals surface area contributed by atoms with Crippen LogP contribution in [0.15, 0.2) is 45.9 Å². The Bertz CT molecular complexity index is 1920. The monoisotopic (exact) mass is 1100 g/mol. The van der Waals surface area contributed by atoms with Crippen molar-refractivity contribution in [2.45, 2.75) is 128 Å². The van der Waals surface area contributed by atoms with Gasteiger partial charge in [-0.3, -0.25) is 38.8 Å². The summed E-state index contributed by atoms with van der Waals surface area (Å²) in [4.78, 5) is 98.8. The number of hydrogen-bond donors (Lipinski definition) is 4. The van der Waals surface area contributed by atoms with Crippen LogP contribution in [0.4, 0.5) is 0 Å². The van der Waals surface area contributed by atoms with Crippen LogP contribution in [0.2, 0.25) is 0 Å². The molecule has 0 saturated carbocycles. The van der Waals surface area contributed by atoms with E-state index in [9.17, 15) is 38.4 Å². The van der Waals surface area contributed by atoms with Crippen LogP contribution in [-0.2, 0) is 76.3 Å². The van der Waals surface area contributed by atoms with Crippen molar-refractivity contribution in [1.29, 1.82) is 0 Å². The molecule has 0 radical (unpaired) electrons. The Morgan fingerprint density at radius 2 is 0.753 bits per heavy atom. The third-order valence-electron chi connectivity index (χ3n) is 12.3. The highest BCUT2D eigenvalue weighted by Gasteiger charge is 2.36. The fourth-order valence-electron chi connectivity index (χ4n) is 8.62. The van der Waals surface area contributed by atoms with E-state index in [4.69, 9.17) is 43.6 Å². The number of esters is 4. The normalized spacial score (nSPS) is 27.7. The lowest BCUT2D eigenvalue weighted by atomic mass is 10.2. The molecule has 8 rings (SSSR count). The number of amides is 4. The van der Waals surface area contributed by atoms with Gasteiger partial charge in [-0.05, 0) is 149 Å². The number of likely N-dealkylation sites (tertiary alicyclic amines) is 4. The Morgan fingerprint density at radius 1 is 0.493 bits per heavy atom. The van der Waals surface area contributed by atoms with E-state index in [0.29, 0.717) is 48.0 Å². The van der Waals surface area contributed by atoms with Crippen molar-refractivity contribution >= 4 is 63.4 Å². The molecule has 25 heteroatoms. The van der Waals surface area contributed by atoms with Gasteiger partial charge in [-0.2, -0.15) is 0 Å². The second-order valence-corrected chi connectivity index (χ2v) is 18.6. The number of nitrogens with one attached hydrogen (secondary N) is 3. The maximum atomic E-state index is 12.1. The molecule has 0 aliphatic carbocycles. The number of hydrogen-bond acceptors (Lipinski definition) is 20. The van der Waals surface area contributed by atoms with E-state index >= 15 is 0 Å². The largest absolute Gasteiger partial charge is 0.427 e. The summed E-state index contributed by atoms with van der Waals surface area (Å²) >= 11 is 3.14. The smallest absolute Gasteiger partial charge is 0.335 e. The molecule has 3 unspecified atom stereocenters. The summed E-state index contributed by atoms with van der Waals surface area (Å²) in [6.07, 6.45) is 9.90. The van der Waals surface area contributed by atoms with Crippen LogP contribution < -0.4 is 21.7 Å². The van der Waals surface area contributed by atoms with Gasteiger partial charge in [0.05, 0.1) is 45.7 Å². The summed E-state index contributed by atoms with van der Waals surface area (Å²) in [7, 11) is 7.69. The molecule has 24 nitrogen and oxygen atoms in total. The van der Waals surface area contributed by atoms with Gasteiger partial charge in [0.1, 0.15) is 0 Å². The average molecular weight is 1100 g/mol. The molecule has 5 N–H and O–H groups in total. The highest BCUT2D eigenvalue weighted by atomic mass is 79.9. The lowest BCUT2D eigenvalue weighted by Gasteiger charge is -2.20. The Morgan fingerprint density at radius 3 is 0.973 bits per heavy atom. The van der Waals surface area contributed by atoms with Crippen LogP contribution in [0, 0.1) is 0 Å². The summed E-state index contributed by atoms with van der Waals surface area (Å²) in [5.74, 6) is -2.31. The molecule has 0 aromatic carbocycles. The van der Waals surface area contributed by atoms with Gasteiger partial charge in [-0.25, -0.2) is 19.2 Å². The van der Waals surface area contributed by atoms with E-state index in [2.05, 4.69) is 31.9 Å². The zero-order valence-electron chi connectivity index (χ0n) is 43.0. The Balaban J connectivity index is 0.000000203. The number of ether oxygens (including phenoxy) is 8. The fraction of sp³-hybridized carbons (Fsp3) is 0.667. The number of cyclic esters (lactones) is 4. The van der Waals surface area contributed by atoms with E-state index in [1.807, 2.05) is 54.7 Å². The number of primary amides is 1. The predicted octanol–water partition coefficient (Wildman–Crippen LogP) is 0.751. The van der Waals surface area contributed by atoms with E-state index in [1.54, 1.807) is 20.8 Å². The number of likely N-dealkylation sites (N-methyl/N-ethyl adjacent to an activating group) is 4. The third kappa shape index (κ3) is 18.6. The SMILES string of the molecule is CCOC1OC(=O)C=C1Br.CCOC1OC(=O)C=C1NC(=O)[C@@H]1CCCN1C.CCOC1OC(=O)C=C1NC(=O)[C@@H]1CCCN1C.CCO[C@@H]1OC(=O)C=C1NC(=O)[C@@H]1CCCN1C.CN1CCC[C@H]1C(N)=O. The number of rotatable bonds is 15.